The second-order valence-corrected chi connectivity index (χ2v) is 10.1. The van der Waals surface area contributed by atoms with Gasteiger partial charge in [0, 0.05) is 13.1 Å². The van der Waals surface area contributed by atoms with E-state index in [4.69, 9.17) is 4.74 Å². The van der Waals surface area contributed by atoms with Crippen LogP contribution in [0.3, 0.4) is 0 Å². The average Bonchev–Trinajstić information content (AvgIpc) is 2.75. The summed E-state index contributed by atoms with van der Waals surface area (Å²) in [4.78, 5) is 40.8. The molecule has 0 aromatic heterocycles. The number of unbranched alkanes of at least 4 members (excludes halogenated alkanes) is 2. The lowest BCUT2D eigenvalue weighted by Gasteiger charge is -2.33. The van der Waals surface area contributed by atoms with Crippen LogP contribution in [0.2, 0.25) is 0 Å². The summed E-state index contributed by atoms with van der Waals surface area (Å²) in [5.74, 6) is -0.0446. The average molecular weight is 496 g/mol. The normalized spacial score (nSPS) is 13.0. The minimum absolute atomic E-state index is 0.00981. The molecule has 0 saturated carbocycles. The number of rotatable bonds is 13. The van der Waals surface area contributed by atoms with Crippen molar-refractivity contribution in [3.8, 4) is 5.75 Å². The Hall–Kier alpha value is -2.42. The van der Waals surface area contributed by atoms with Crippen molar-refractivity contribution < 1.29 is 24.2 Å². The van der Waals surface area contributed by atoms with Gasteiger partial charge in [0.2, 0.25) is 11.8 Å². The number of aromatic hydroxyl groups is 1. The van der Waals surface area contributed by atoms with Crippen molar-refractivity contribution >= 4 is 29.7 Å². The number of likely N-dealkylation sites (N-methyl/N-ethyl adjacent to an activating group) is 1. The molecule has 0 aliphatic rings. The van der Waals surface area contributed by atoms with E-state index in [2.05, 4.69) is 17.6 Å². The number of phenols is 1. The molecule has 34 heavy (non-hydrogen) atoms. The maximum absolute atomic E-state index is 13.7. The molecule has 0 aliphatic carbocycles. The Balaban J connectivity index is 3.24. The molecule has 0 saturated heterocycles. The summed E-state index contributed by atoms with van der Waals surface area (Å²) >= 11 is 1.56. The highest BCUT2D eigenvalue weighted by atomic mass is 32.2. The highest BCUT2D eigenvalue weighted by Gasteiger charge is 2.35. The molecule has 1 rings (SSSR count). The summed E-state index contributed by atoms with van der Waals surface area (Å²) < 4.78 is 5.36. The van der Waals surface area contributed by atoms with Gasteiger partial charge in [-0.1, -0.05) is 31.9 Å². The zero-order valence-corrected chi connectivity index (χ0v) is 22.2. The van der Waals surface area contributed by atoms with E-state index in [1.54, 1.807) is 51.6 Å². The van der Waals surface area contributed by atoms with Crippen molar-refractivity contribution in [2.75, 3.05) is 25.1 Å². The molecule has 0 heterocycles. The van der Waals surface area contributed by atoms with Gasteiger partial charge in [-0.25, -0.2) is 4.79 Å². The van der Waals surface area contributed by atoms with E-state index < -0.39 is 23.8 Å². The number of hydrogen-bond acceptors (Lipinski definition) is 6. The maximum atomic E-state index is 13.7. The molecule has 0 aliphatic heterocycles. The van der Waals surface area contributed by atoms with Gasteiger partial charge >= 0.3 is 6.09 Å². The molecule has 3 amide bonds. The van der Waals surface area contributed by atoms with Crippen LogP contribution in [0, 0.1) is 0 Å². The smallest absolute Gasteiger partial charge is 0.408 e. The number of benzene rings is 1. The van der Waals surface area contributed by atoms with Gasteiger partial charge in [-0.2, -0.15) is 11.8 Å². The van der Waals surface area contributed by atoms with Gasteiger partial charge in [0.15, 0.2) is 0 Å². The summed E-state index contributed by atoms with van der Waals surface area (Å²) in [6, 6.07) is 4.57. The number of carbonyl (C=O) groups is 3. The summed E-state index contributed by atoms with van der Waals surface area (Å²) in [6.45, 7) is 9.88. The van der Waals surface area contributed by atoms with E-state index in [1.165, 1.54) is 17.0 Å². The molecule has 1 aromatic rings. The largest absolute Gasteiger partial charge is 0.508 e. The van der Waals surface area contributed by atoms with Gasteiger partial charge < -0.3 is 25.4 Å². The molecule has 8 nitrogen and oxygen atoms in total. The van der Waals surface area contributed by atoms with Crippen LogP contribution < -0.4 is 10.6 Å². The fourth-order valence-corrected chi connectivity index (χ4v) is 3.93. The quantitative estimate of drug-likeness (QED) is 0.353. The Labute approximate surface area is 208 Å². The van der Waals surface area contributed by atoms with Crippen molar-refractivity contribution in [1.82, 2.24) is 15.5 Å². The Morgan fingerprint density at radius 1 is 1.18 bits per heavy atom. The van der Waals surface area contributed by atoms with Crippen LogP contribution in [0.4, 0.5) is 4.79 Å². The third-order valence-corrected chi connectivity index (χ3v) is 5.69. The van der Waals surface area contributed by atoms with E-state index in [1.807, 2.05) is 6.26 Å². The number of amides is 3. The molecule has 1 aromatic carbocycles. The van der Waals surface area contributed by atoms with E-state index in [0.717, 1.165) is 19.3 Å². The number of phenolic OH excluding ortho intramolecular Hbond substituents is 1. The Morgan fingerprint density at radius 3 is 2.44 bits per heavy atom. The first-order valence-electron chi connectivity index (χ1n) is 11.9. The molecule has 2 atom stereocenters. The summed E-state index contributed by atoms with van der Waals surface area (Å²) in [5.41, 5.74) is -0.200. The van der Waals surface area contributed by atoms with Crippen LogP contribution in [0.5, 0.6) is 5.75 Å². The lowest BCUT2D eigenvalue weighted by Crippen LogP contribution is -2.53. The van der Waals surface area contributed by atoms with Crippen molar-refractivity contribution in [2.45, 2.75) is 78.0 Å². The zero-order valence-electron chi connectivity index (χ0n) is 21.3. The maximum Gasteiger partial charge on any atom is 0.408 e. The number of hydrogen-bond donors (Lipinski definition) is 3. The van der Waals surface area contributed by atoms with E-state index in [-0.39, 0.29) is 24.1 Å². The van der Waals surface area contributed by atoms with E-state index >= 15 is 0 Å². The standard InChI is InChI=1S/C25H41N3O5S/c1-7-9-10-15-26-22(30)21(18-12-11-13-19(29)17-18)28(8-2)23(31)20(14-16-34-6)27-24(32)33-25(3,4)5/h11-13,17,20-21,29H,7-10,14-16H2,1-6H3,(H,26,30)(H,27,32). The lowest BCUT2D eigenvalue weighted by molar-refractivity contribution is -0.142. The van der Waals surface area contributed by atoms with E-state index in [0.29, 0.717) is 24.3 Å². The van der Waals surface area contributed by atoms with Gasteiger partial charge in [-0.3, -0.25) is 9.59 Å². The number of ether oxygens (including phenoxy) is 1. The van der Waals surface area contributed by atoms with Gasteiger partial charge in [0.25, 0.3) is 0 Å². The lowest BCUT2D eigenvalue weighted by atomic mass is 10.0. The minimum atomic E-state index is -0.941. The fraction of sp³-hybridized carbons (Fsp3) is 0.640. The summed E-state index contributed by atoms with van der Waals surface area (Å²) in [7, 11) is 0. The van der Waals surface area contributed by atoms with Gasteiger partial charge in [-0.15, -0.1) is 0 Å². The van der Waals surface area contributed by atoms with Crippen LogP contribution in [0.15, 0.2) is 24.3 Å². The van der Waals surface area contributed by atoms with Crippen LogP contribution >= 0.6 is 11.8 Å². The van der Waals surface area contributed by atoms with Crippen molar-refractivity contribution in [3.05, 3.63) is 29.8 Å². The number of nitrogens with one attached hydrogen (secondary N) is 2. The number of alkyl carbamates (subject to hydrolysis) is 1. The Kier molecular flexibility index (Phi) is 12.9. The van der Waals surface area contributed by atoms with Crippen LogP contribution in [0.1, 0.15) is 71.9 Å². The SMILES string of the molecule is CCCCCNC(=O)C(c1cccc(O)c1)N(CC)C(=O)C(CCSC)NC(=O)OC(C)(C)C. The topological polar surface area (TPSA) is 108 Å². The molecule has 0 fully saturated rings. The minimum Gasteiger partial charge on any atom is -0.508 e. The van der Waals surface area contributed by atoms with Gasteiger partial charge in [0.1, 0.15) is 23.4 Å². The highest BCUT2D eigenvalue weighted by Crippen LogP contribution is 2.26. The molecule has 0 radical (unpaired) electrons. The first-order valence-corrected chi connectivity index (χ1v) is 13.3. The predicted octanol–water partition coefficient (Wildman–Crippen LogP) is 4.23. The van der Waals surface area contributed by atoms with Crippen molar-refractivity contribution in [2.24, 2.45) is 0 Å². The number of thioether (sulfide) groups is 1. The van der Waals surface area contributed by atoms with Gasteiger partial charge in [0.05, 0.1) is 0 Å². The third-order valence-electron chi connectivity index (χ3n) is 5.05. The third kappa shape index (κ3) is 10.2. The zero-order chi connectivity index (χ0) is 25.7. The van der Waals surface area contributed by atoms with Crippen LogP contribution in [0.25, 0.3) is 0 Å². The predicted molar refractivity (Wildman–Crippen MR) is 137 cm³/mol. The van der Waals surface area contributed by atoms with Crippen molar-refractivity contribution in [1.29, 1.82) is 0 Å². The highest BCUT2D eigenvalue weighted by molar-refractivity contribution is 7.98. The molecule has 192 valence electrons. The molecular weight excluding hydrogens is 454 g/mol. The summed E-state index contributed by atoms with van der Waals surface area (Å²) in [6.07, 6.45) is 4.49. The first kappa shape index (κ1) is 29.6. The molecule has 9 heteroatoms. The number of carbonyl (C=O) groups excluding carboxylic acids is 3. The van der Waals surface area contributed by atoms with E-state index in [9.17, 15) is 19.5 Å². The second kappa shape index (κ2) is 14.8. The fourth-order valence-electron chi connectivity index (χ4n) is 3.46. The van der Waals surface area contributed by atoms with Crippen LogP contribution in [-0.2, 0) is 14.3 Å². The summed E-state index contributed by atoms with van der Waals surface area (Å²) in [5, 5.41) is 15.6. The van der Waals surface area contributed by atoms with Crippen molar-refractivity contribution in [3.63, 3.8) is 0 Å². The molecule has 3 N–H and O–H groups in total. The Morgan fingerprint density at radius 2 is 1.88 bits per heavy atom. The Bertz CT molecular complexity index is 797. The monoisotopic (exact) mass is 495 g/mol. The molecule has 0 spiro atoms. The first-order chi connectivity index (χ1) is 16.0. The van der Waals surface area contributed by atoms with Crippen LogP contribution in [-0.4, -0.2) is 64.7 Å². The molecular formula is C25H41N3O5S. The van der Waals surface area contributed by atoms with Gasteiger partial charge in [-0.05, 0) is 70.2 Å². The molecule has 0 bridgehead atoms. The molecule has 2 unspecified atom stereocenters. The number of nitrogens with zero attached hydrogens (tertiary/aromatic N) is 1. The second-order valence-electron chi connectivity index (χ2n) is 9.10.